The second-order valence-corrected chi connectivity index (χ2v) is 6.58. The highest BCUT2D eigenvalue weighted by Crippen LogP contribution is 2.31. The van der Waals surface area contributed by atoms with Crippen LogP contribution in [0.15, 0.2) is 28.7 Å². The van der Waals surface area contributed by atoms with Gasteiger partial charge in [-0.15, -0.1) is 0 Å². The summed E-state index contributed by atoms with van der Waals surface area (Å²) < 4.78 is 5.91. The number of hydrogen-bond donors (Lipinski definition) is 1. The van der Waals surface area contributed by atoms with Crippen LogP contribution in [0.25, 0.3) is 11.0 Å². The van der Waals surface area contributed by atoms with Crippen molar-refractivity contribution < 1.29 is 4.42 Å². The van der Waals surface area contributed by atoms with Crippen LogP contribution in [0.3, 0.4) is 0 Å². The fraction of sp³-hybridized carbons (Fsp3) is 0.467. The van der Waals surface area contributed by atoms with E-state index in [0.29, 0.717) is 10.3 Å². The summed E-state index contributed by atoms with van der Waals surface area (Å²) in [4.78, 5) is 0. The first-order valence-corrected chi connectivity index (χ1v) is 8.05. The summed E-state index contributed by atoms with van der Waals surface area (Å²) in [5, 5.41) is 5.73. The molecule has 0 radical (unpaired) electrons. The molecule has 2 aromatic rings. The molecular weight excluding hydrogens is 278 g/mol. The zero-order valence-electron chi connectivity index (χ0n) is 11.6. The molecule has 0 bridgehead atoms. The summed E-state index contributed by atoms with van der Waals surface area (Å²) in [6.45, 7) is 4.47. The zero-order chi connectivity index (χ0) is 13.8. The summed E-state index contributed by atoms with van der Waals surface area (Å²) in [5.41, 5.74) is 0.785. The topological polar surface area (TPSA) is 25.2 Å². The van der Waals surface area contributed by atoms with Crippen molar-refractivity contribution in [2.75, 3.05) is 12.8 Å². The zero-order valence-corrected chi connectivity index (χ0v) is 13.1. The third-order valence-corrected chi connectivity index (χ3v) is 5.06. The summed E-state index contributed by atoms with van der Waals surface area (Å²) in [5.74, 6) is 1.96. The van der Waals surface area contributed by atoms with E-state index in [2.05, 4.69) is 25.2 Å². The molecule has 0 aliphatic rings. The van der Waals surface area contributed by atoms with Crippen molar-refractivity contribution in [2.24, 2.45) is 0 Å². The number of para-hydroxylation sites is 1. The molecule has 0 spiro atoms. The normalized spacial score (nSPS) is 14.7. The highest BCUT2D eigenvalue weighted by molar-refractivity contribution is 7.99. The molecule has 0 fully saturated rings. The van der Waals surface area contributed by atoms with Crippen LogP contribution in [-0.4, -0.2) is 18.1 Å². The largest absolute Gasteiger partial charge is 0.458 e. The first-order chi connectivity index (χ1) is 9.15. The van der Waals surface area contributed by atoms with E-state index in [4.69, 9.17) is 16.0 Å². The van der Waals surface area contributed by atoms with E-state index in [1.165, 1.54) is 6.42 Å². The minimum Gasteiger partial charge on any atom is -0.458 e. The number of nitrogens with one attached hydrogen (secondary N) is 1. The fourth-order valence-corrected chi connectivity index (χ4v) is 3.21. The Morgan fingerprint density at radius 2 is 2.21 bits per heavy atom. The highest BCUT2D eigenvalue weighted by atomic mass is 35.5. The van der Waals surface area contributed by atoms with Crippen molar-refractivity contribution >= 4 is 34.3 Å². The first kappa shape index (κ1) is 14.8. The summed E-state index contributed by atoms with van der Waals surface area (Å²) in [7, 11) is 1.97. The van der Waals surface area contributed by atoms with Gasteiger partial charge in [0.25, 0.3) is 0 Å². The maximum Gasteiger partial charge on any atom is 0.152 e. The lowest BCUT2D eigenvalue weighted by molar-refractivity contribution is 0.479. The third kappa shape index (κ3) is 3.47. The standard InChI is InChI=1S/C15H20ClNOS/c1-4-10(2)19-9-13(17-3)14-8-11-6-5-7-12(16)15(11)18-14/h5-8,10,13,17H,4,9H2,1-3H3. The van der Waals surface area contributed by atoms with Gasteiger partial charge in [0.05, 0.1) is 11.1 Å². The van der Waals surface area contributed by atoms with E-state index in [0.717, 1.165) is 22.5 Å². The molecule has 0 aliphatic carbocycles. The van der Waals surface area contributed by atoms with Crippen molar-refractivity contribution in [1.29, 1.82) is 0 Å². The number of rotatable bonds is 6. The molecule has 1 aromatic heterocycles. The monoisotopic (exact) mass is 297 g/mol. The Hall–Kier alpha value is -0.640. The maximum atomic E-state index is 6.15. The van der Waals surface area contributed by atoms with E-state index in [1.807, 2.05) is 37.0 Å². The number of hydrogen-bond acceptors (Lipinski definition) is 3. The van der Waals surface area contributed by atoms with Crippen LogP contribution in [-0.2, 0) is 0 Å². The molecule has 0 saturated heterocycles. The number of thioether (sulfide) groups is 1. The van der Waals surface area contributed by atoms with Crippen LogP contribution in [0.2, 0.25) is 5.02 Å². The quantitative estimate of drug-likeness (QED) is 0.823. The Morgan fingerprint density at radius 3 is 2.84 bits per heavy atom. The van der Waals surface area contributed by atoms with Crippen molar-refractivity contribution in [2.45, 2.75) is 31.6 Å². The van der Waals surface area contributed by atoms with E-state index in [-0.39, 0.29) is 6.04 Å². The van der Waals surface area contributed by atoms with Gasteiger partial charge in [-0.25, -0.2) is 0 Å². The average Bonchev–Trinajstić information content (AvgIpc) is 2.84. The van der Waals surface area contributed by atoms with E-state index < -0.39 is 0 Å². The van der Waals surface area contributed by atoms with Crippen LogP contribution < -0.4 is 5.32 Å². The molecule has 2 atom stereocenters. The van der Waals surface area contributed by atoms with Crippen LogP contribution in [0, 0.1) is 0 Å². The smallest absolute Gasteiger partial charge is 0.152 e. The molecule has 1 aromatic carbocycles. The lowest BCUT2D eigenvalue weighted by atomic mass is 10.2. The first-order valence-electron chi connectivity index (χ1n) is 6.62. The maximum absolute atomic E-state index is 6.15. The van der Waals surface area contributed by atoms with Crippen LogP contribution in [0.1, 0.15) is 32.1 Å². The van der Waals surface area contributed by atoms with Crippen molar-refractivity contribution in [3.63, 3.8) is 0 Å². The molecule has 4 heteroatoms. The third-order valence-electron chi connectivity index (χ3n) is 3.33. The Labute approximate surface area is 123 Å². The van der Waals surface area contributed by atoms with Crippen molar-refractivity contribution in [3.05, 3.63) is 35.0 Å². The molecule has 2 rings (SSSR count). The van der Waals surface area contributed by atoms with Gasteiger partial charge in [0, 0.05) is 16.4 Å². The average molecular weight is 298 g/mol. The second-order valence-electron chi connectivity index (χ2n) is 4.70. The second kappa shape index (κ2) is 6.69. The van der Waals surface area contributed by atoms with E-state index in [9.17, 15) is 0 Å². The number of furan rings is 1. The van der Waals surface area contributed by atoms with Gasteiger partial charge in [-0.2, -0.15) is 11.8 Å². The molecule has 104 valence electrons. The molecule has 0 aliphatic heterocycles. The predicted molar refractivity (Wildman–Crippen MR) is 85.2 cm³/mol. The molecule has 2 nitrogen and oxygen atoms in total. The Morgan fingerprint density at radius 1 is 1.42 bits per heavy atom. The van der Waals surface area contributed by atoms with Gasteiger partial charge < -0.3 is 9.73 Å². The van der Waals surface area contributed by atoms with E-state index >= 15 is 0 Å². The van der Waals surface area contributed by atoms with Gasteiger partial charge in [-0.1, -0.05) is 37.6 Å². The number of halogens is 1. The molecule has 2 unspecified atom stereocenters. The van der Waals surface area contributed by atoms with Crippen molar-refractivity contribution in [1.82, 2.24) is 5.32 Å². The summed E-state index contributed by atoms with van der Waals surface area (Å²) in [6.07, 6.45) is 1.19. The minimum absolute atomic E-state index is 0.225. The lowest BCUT2D eigenvalue weighted by Gasteiger charge is -2.15. The Bertz CT molecular complexity index is 540. The van der Waals surface area contributed by atoms with Gasteiger partial charge in [-0.05, 0) is 25.6 Å². The van der Waals surface area contributed by atoms with Gasteiger partial charge in [-0.3, -0.25) is 0 Å². The number of fused-ring (bicyclic) bond motifs is 1. The molecule has 1 N–H and O–H groups in total. The fourth-order valence-electron chi connectivity index (χ4n) is 1.91. The Balaban J connectivity index is 2.18. The lowest BCUT2D eigenvalue weighted by Crippen LogP contribution is -2.19. The van der Waals surface area contributed by atoms with Crippen molar-refractivity contribution in [3.8, 4) is 0 Å². The minimum atomic E-state index is 0.225. The predicted octanol–water partition coefficient (Wildman–Crippen LogP) is 4.88. The molecule has 0 saturated carbocycles. The van der Waals surface area contributed by atoms with E-state index in [1.54, 1.807) is 0 Å². The van der Waals surface area contributed by atoms with Gasteiger partial charge in [0.2, 0.25) is 0 Å². The van der Waals surface area contributed by atoms with Gasteiger partial charge in [0.1, 0.15) is 5.76 Å². The molecule has 1 heterocycles. The highest BCUT2D eigenvalue weighted by Gasteiger charge is 2.16. The molecule has 0 amide bonds. The van der Waals surface area contributed by atoms with Gasteiger partial charge >= 0.3 is 0 Å². The molecular formula is C15H20ClNOS. The van der Waals surface area contributed by atoms with Crippen LogP contribution in [0.5, 0.6) is 0 Å². The Kier molecular flexibility index (Phi) is 5.20. The van der Waals surface area contributed by atoms with Crippen LogP contribution in [0.4, 0.5) is 0 Å². The molecule has 19 heavy (non-hydrogen) atoms. The summed E-state index contributed by atoms with van der Waals surface area (Å²) in [6, 6.07) is 8.15. The summed E-state index contributed by atoms with van der Waals surface area (Å²) >= 11 is 8.11. The van der Waals surface area contributed by atoms with Crippen LogP contribution >= 0.6 is 23.4 Å². The number of benzene rings is 1. The SMILES string of the molecule is CCC(C)SCC(NC)c1cc2cccc(Cl)c2o1. The van der Waals surface area contributed by atoms with Gasteiger partial charge in [0.15, 0.2) is 5.58 Å².